The molecule has 0 fully saturated rings. The standard InChI is InChI=1S/C15H9F2NOS/c16-10-5-6-11(12(17)8-10)15(19)18-14-7-9-3-1-2-4-13(9)20-14/h1-8H,(H,18,19). The molecule has 0 aliphatic rings. The van der Waals surface area contributed by atoms with Crippen molar-refractivity contribution in [1.82, 2.24) is 0 Å². The van der Waals surface area contributed by atoms with E-state index < -0.39 is 17.5 Å². The highest BCUT2D eigenvalue weighted by molar-refractivity contribution is 7.23. The van der Waals surface area contributed by atoms with Gasteiger partial charge in [-0.2, -0.15) is 0 Å². The topological polar surface area (TPSA) is 29.1 Å². The van der Waals surface area contributed by atoms with Crippen LogP contribution in [-0.4, -0.2) is 5.91 Å². The van der Waals surface area contributed by atoms with Crippen LogP contribution in [0.1, 0.15) is 10.4 Å². The first-order valence-electron chi connectivity index (χ1n) is 5.88. The molecule has 3 aromatic rings. The minimum atomic E-state index is -0.872. The normalized spacial score (nSPS) is 10.7. The third kappa shape index (κ3) is 2.40. The first kappa shape index (κ1) is 12.7. The van der Waals surface area contributed by atoms with Crippen molar-refractivity contribution in [3.05, 3.63) is 65.7 Å². The molecule has 0 aliphatic heterocycles. The van der Waals surface area contributed by atoms with E-state index in [1.54, 1.807) is 0 Å². The van der Waals surface area contributed by atoms with E-state index in [2.05, 4.69) is 5.32 Å². The Bertz CT molecular complexity index is 764. The molecule has 0 bridgehead atoms. The monoisotopic (exact) mass is 289 g/mol. The number of halogens is 2. The predicted octanol–water partition coefficient (Wildman–Crippen LogP) is 4.43. The molecule has 0 spiro atoms. The lowest BCUT2D eigenvalue weighted by Crippen LogP contribution is -2.12. The van der Waals surface area contributed by atoms with Gasteiger partial charge in [-0.05, 0) is 29.7 Å². The van der Waals surface area contributed by atoms with Gasteiger partial charge in [0.05, 0.1) is 10.6 Å². The number of nitrogens with one attached hydrogen (secondary N) is 1. The Labute approximate surface area is 117 Å². The molecule has 1 N–H and O–H groups in total. The number of hydrogen-bond donors (Lipinski definition) is 1. The van der Waals surface area contributed by atoms with E-state index in [0.29, 0.717) is 11.1 Å². The van der Waals surface area contributed by atoms with Gasteiger partial charge in [-0.3, -0.25) is 4.79 Å². The van der Waals surface area contributed by atoms with Crippen LogP contribution in [0, 0.1) is 11.6 Å². The van der Waals surface area contributed by atoms with E-state index in [0.717, 1.165) is 22.2 Å². The summed E-state index contributed by atoms with van der Waals surface area (Å²) >= 11 is 1.40. The van der Waals surface area contributed by atoms with Crippen LogP contribution in [0.3, 0.4) is 0 Å². The molecule has 0 saturated heterocycles. The Morgan fingerprint density at radius 2 is 1.85 bits per heavy atom. The number of benzene rings is 2. The third-order valence-electron chi connectivity index (χ3n) is 2.84. The summed E-state index contributed by atoms with van der Waals surface area (Å²) in [6, 6.07) is 12.4. The average molecular weight is 289 g/mol. The van der Waals surface area contributed by atoms with Crippen molar-refractivity contribution in [2.75, 3.05) is 5.32 Å². The number of fused-ring (bicyclic) bond motifs is 1. The van der Waals surface area contributed by atoms with Gasteiger partial charge in [-0.1, -0.05) is 18.2 Å². The molecule has 0 aliphatic carbocycles. The number of amides is 1. The molecular formula is C15H9F2NOS. The minimum Gasteiger partial charge on any atom is -0.313 e. The molecular weight excluding hydrogens is 280 g/mol. The second-order valence-electron chi connectivity index (χ2n) is 4.23. The summed E-state index contributed by atoms with van der Waals surface area (Å²) in [4.78, 5) is 12.0. The molecule has 1 aromatic heterocycles. The maximum absolute atomic E-state index is 13.5. The maximum atomic E-state index is 13.5. The highest BCUT2D eigenvalue weighted by Crippen LogP contribution is 2.29. The number of thiophene rings is 1. The van der Waals surface area contributed by atoms with Gasteiger partial charge in [0.25, 0.3) is 5.91 Å². The Morgan fingerprint density at radius 1 is 1.05 bits per heavy atom. The van der Waals surface area contributed by atoms with E-state index in [1.165, 1.54) is 11.3 Å². The quantitative estimate of drug-likeness (QED) is 0.743. The van der Waals surface area contributed by atoms with E-state index in [4.69, 9.17) is 0 Å². The smallest absolute Gasteiger partial charge is 0.259 e. The van der Waals surface area contributed by atoms with Crippen LogP contribution < -0.4 is 5.32 Å². The zero-order chi connectivity index (χ0) is 14.1. The zero-order valence-corrected chi connectivity index (χ0v) is 11.0. The summed E-state index contributed by atoms with van der Waals surface area (Å²) in [6.45, 7) is 0. The third-order valence-corrected chi connectivity index (χ3v) is 3.87. The molecule has 100 valence electrons. The SMILES string of the molecule is O=C(Nc1cc2ccccc2s1)c1ccc(F)cc1F. The van der Waals surface area contributed by atoms with Gasteiger partial charge >= 0.3 is 0 Å². The van der Waals surface area contributed by atoms with Gasteiger partial charge in [0.1, 0.15) is 11.6 Å². The first-order valence-corrected chi connectivity index (χ1v) is 6.70. The predicted molar refractivity (Wildman–Crippen MR) is 76.1 cm³/mol. The maximum Gasteiger partial charge on any atom is 0.259 e. The van der Waals surface area contributed by atoms with Crippen LogP contribution in [0.2, 0.25) is 0 Å². The lowest BCUT2D eigenvalue weighted by Gasteiger charge is -2.03. The van der Waals surface area contributed by atoms with Crippen molar-refractivity contribution >= 4 is 32.3 Å². The van der Waals surface area contributed by atoms with Crippen LogP contribution in [0.4, 0.5) is 13.8 Å². The molecule has 2 aromatic carbocycles. The fraction of sp³-hybridized carbons (Fsp3) is 0. The van der Waals surface area contributed by atoms with E-state index in [9.17, 15) is 13.6 Å². The van der Waals surface area contributed by atoms with Gasteiger partial charge in [-0.15, -0.1) is 11.3 Å². The van der Waals surface area contributed by atoms with Gasteiger partial charge in [0, 0.05) is 10.8 Å². The van der Waals surface area contributed by atoms with Gasteiger partial charge in [0.15, 0.2) is 0 Å². The number of hydrogen-bond acceptors (Lipinski definition) is 2. The van der Waals surface area contributed by atoms with Crippen LogP contribution in [0.5, 0.6) is 0 Å². The fourth-order valence-electron chi connectivity index (χ4n) is 1.90. The molecule has 3 rings (SSSR count). The molecule has 0 saturated carbocycles. The van der Waals surface area contributed by atoms with Crippen LogP contribution >= 0.6 is 11.3 Å². The number of rotatable bonds is 2. The fourth-order valence-corrected chi connectivity index (χ4v) is 2.85. The highest BCUT2D eigenvalue weighted by Gasteiger charge is 2.13. The average Bonchev–Trinajstić information content (AvgIpc) is 2.80. The summed E-state index contributed by atoms with van der Waals surface area (Å²) in [5.74, 6) is -2.17. The second kappa shape index (κ2) is 5.02. The molecule has 1 heterocycles. The molecule has 0 radical (unpaired) electrons. The van der Waals surface area contributed by atoms with E-state index >= 15 is 0 Å². The summed E-state index contributed by atoms with van der Waals surface area (Å²) in [6.07, 6.45) is 0. The van der Waals surface area contributed by atoms with Crippen LogP contribution in [0.15, 0.2) is 48.5 Å². The Kier molecular flexibility index (Phi) is 3.20. The van der Waals surface area contributed by atoms with E-state index in [-0.39, 0.29) is 5.56 Å². The van der Waals surface area contributed by atoms with Crippen LogP contribution in [-0.2, 0) is 0 Å². The van der Waals surface area contributed by atoms with Crippen molar-refractivity contribution in [2.45, 2.75) is 0 Å². The summed E-state index contributed by atoms with van der Waals surface area (Å²) in [5, 5.41) is 4.26. The minimum absolute atomic E-state index is 0.177. The molecule has 20 heavy (non-hydrogen) atoms. The van der Waals surface area contributed by atoms with Crippen molar-refractivity contribution in [2.24, 2.45) is 0 Å². The van der Waals surface area contributed by atoms with Gasteiger partial charge < -0.3 is 5.32 Å². The largest absolute Gasteiger partial charge is 0.313 e. The zero-order valence-electron chi connectivity index (χ0n) is 10.2. The Morgan fingerprint density at radius 3 is 2.60 bits per heavy atom. The van der Waals surface area contributed by atoms with Crippen LogP contribution in [0.25, 0.3) is 10.1 Å². The summed E-state index contributed by atoms with van der Waals surface area (Å²) < 4.78 is 27.3. The molecule has 5 heteroatoms. The highest BCUT2D eigenvalue weighted by atomic mass is 32.1. The second-order valence-corrected chi connectivity index (χ2v) is 5.31. The molecule has 2 nitrogen and oxygen atoms in total. The van der Waals surface area contributed by atoms with Gasteiger partial charge in [-0.25, -0.2) is 8.78 Å². The Balaban J connectivity index is 1.88. The van der Waals surface area contributed by atoms with E-state index in [1.807, 2.05) is 30.3 Å². The summed E-state index contributed by atoms with van der Waals surface area (Å²) in [5.41, 5.74) is -0.177. The molecule has 0 unspecified atom stereocenters. The summed E-state index contributed by atoms with van der Waals surface area (Å²) in [7, 11) is 0. The van der Waals surface area contributed by atoms with Gasteiger partial charge in [0.2, 0.25) is 0 Å². The molecule has 0 atom stereocenters. The number of anilines is 1. The number of carbonyl (C=O) groups excluding carboxylic acids is 1. The van der Waals surface area contributed by atoms with Crippen molar-refractivity contribution in [3.8, 4) is 0 Å². The first-order chi connectivity index (χ1) is 9.63. The van der Waals surface area contributed by atoms with Crippen molar-refractivity contribution < 1.29 is 13.6 Å². The number of carbonyl (C=O) groups is 1. The van der Waals surface area contributed by atoms with Crippen molar-refractivity contribution in [1.29, 1.82) is 0 Å². The molecule has 1 amide bonds. The Hall–Kier alpha value is -2.27. The lowest BCUT2D eigenvalue weighted by molar-refractivity contribution is 0.102. The van der Waals surface area contributed by atoms with Crippen molar-refractivity contribution in [3.63, 3.8) is 0 Å². The lowest BCUT2D eigenvalue weighted by atomic mass is 10.2.